The standard InChI is InChI=1S/C18H14Cl2N2O5S/c19-13-1-4-15(5-2-13)28(26,27)22-10-17(24)21-9-12(18(22)25)7-11-8-14(20)3-6-16(11)23/h1-8,23H,9-10H2,(H,21,24)/b12-7+. The van der Waals surface area contributed by atoms with E-state index in [9.17, 15) is 23.1 Å². The number of phenolic OH excluding ortho intramolecular Hbond substituents is 1. The lowest BCUT2D eigenvalue weighted by Gasteiger charge is -2.20. The first-order valence-corrected chi connectivity index (χ1v) is 10.2. The van der Waals surface area contributed by atoms with Gasteiger partial charge in [-0.15, -0.1) is 0 Å². The van der Waals surface area contributed by atoms with Crippen LogP contribution in [0.2, 0.25) is 10.0 Å². The second-order valence-electron chi connectivity index (χ2n) is 5.92. The van der Waals surface area contributed by atoms with Crippen LogP contribution in [0.25, 0.3) is 6.08 Å². The third kappa shape index (κ3) is 4.14. The highest BCUT2D eigenvalue weighted by Gasteiger charge is 2.35. The number of carbonyl (C=O) groups excluding carboxylic acids is 2. The van der Waals surface area contributed by atoms with Crippen molar-refractivity contribution in [1.82, 2.24) is 9.62 Å². The average Bonchev–Trinajstić information content (AvgIpc) is 2.79. The predicted molar refractivity (Wildman–Crippen MR) is 104 cm³/mol. The number of amides is 2. The Kier molecular flexibility index (Phi) is 5.64. The van der Waals surface area contributed by atoms with Gasteiger partial charge in [0.15, 0.2) is 0 Å². The van der Waals surface area contributed by atoms with Crippen LogP contribution in [0, 0.1) is 0 Å². The summed E-state index contributed by atoms with van der Waals surface area (Å²) in [4.78, 5) is 24.8. The van der Waals surface area contributed by atoms with Crippen LogP contribution >= 0.6 is 23.2 Å². The molecule has 0 aromatic heterocycles. The topological polar surface area (TPSA) is 104 Å². The van der Waals surface area contributed by atoms with E-state index in [0.29, 0.717) is 14.4 Å². The minimum absolute atomic E-state index is 0.0269. The molecule has 0 aliphatic carbocycles. The Labute approximate surface area is 171 Å². The zero-order valence-electron chi connectivity index (χ0n) is 14.2. The summed E-state index contributed by atoms with van der Waals surface area (Å²) >= 11 is 11.7. The highest BCUT2D eigenvalue weighted by molar-refractivity contribution is 7.89. The average molecular weight is 441 g/mol. The lowest BCUT2D eigenvalue weighted by molar-refractivity contribution is -0.127. The molecule has 1 aliphatic heterocycles. The molecule has 1 saturated heterocycles. The van der Waals surface area contributed by atoms with E-state index in [0.717, 1.165) is 0 Å². The first-order chi connectivity index (χ1) is 13.2. The van der Waals surface area contributed by atoms with Gasteiger partial charge in [-0.2, -0.15) is 0 Å². The first kappa shape index (κ1) is 20.2. The molecule has 2 aromatic carbocycles. The second kappa shape index (κ2) is 7.83. The van der Waals surface area contributed by atoms with Gasteiger partial charge in [0.25, 0.3) is 15.9 Å². The van der Waals surface area contributed by atoms with Crippen LogP contribution in [0.4, 0.5) is 0 Å². The van der Waals surface area contributed by atoms with E-state index in [-0.39, 0.29) is 28.3 Å². The molecule has 0 saturated carbocycles. The van der Waals surface area contributed by atoms with Crippen molar-refractivity contribution in [2.45, 2.75) is 4.90 Å². The van der Waals surface area contributed by atoms with Crippen LogP contribution < -0.4 is 5.32 Å². The molecule has 0 radical (unpaired) electrons. The Bertz CT molecular complexity index is 1080. The Hall–Kier alpha value is -2.55. The molecule has 146 valence electrons. The lowest BCUT2D eigenvalue weighted by Crippen LogP contribution is -2.40. The van der Waals surface area contributed by atoms with E-state index in [1.54, 1.807) is 0 Å². The maximum absolute atomic E-state index is 12.9. The van der Waals surface area contributed by atoms with Gasteiger partial charge in [-0.05, 0) is 48.5 Å². The van der Waals surface area contributed by atoms with Crippen molar-refractivity contribution >= 4 is 51.1 Å². The smallest absolute Gasteiger partial charge is 0.267 e. The van der Waals surface area contributed by atoms with Gasteiger partial charge in [-0.3, -0.25) is 9.59 Å². The SMILES string of the molecule is O=C1CN(S(=O)(=O)c2ccc(Cl)cc2)C(=O)/C(=C/c2cc(Cl)ccc2O)CN1. The number of carbonyl (C=O) groups is 2. The number of aromatic hydroxyl groups is 1. The van der Waals surface area contributed by atoms with Gasteiger partial charge in [0.2, 0.25) is 5.91 Å². The first-order valence-electron chi connectivity index (χ1n) is 7.97. The molecular weight excluding hydrogens is 427 g/mol. The summed E-state index contributed by atoms with van der Waals surface area (Å²) in [5, 5.41) is 13.1. The summed E-state index contributed by atoms with van der Waals surface area (Å²) < 4.78 is 26.3. The molecule has 1 heterocycles. The number of halogens is 2. The molecule has 0 spiro atoms. The van der Waals surface area contributed by atoms with Crippen molar-refractivity contribution in [3.05, 3.63) is 63.6 Å². The van der Waals surface area contributed by atoms with E-state index < -0.39 is 28.4 Å². The molecular formula is C18H14Cl2N2O5S. The van der Waals surface area contributed by atoms with Gasteiger partial charge >= 0.3 is 0 Å². The minimum atomic E-state index is -4.29. The summed E-state index contributed by atoms with van der Waals surface area (Å²) in [6.07, 6.45) is 1.29. The molecule has 28 heavy (non-hydrogen) atoms. The molecule has 1 aliphatic rings. The summed E-state index contributed by atoms with van der Waals surface area (Å²) in [5.74, 6) is -1.66. The number of nitrogens with one attached hydrogen (secondary N) is 1. The van der Waals surface area contributed by atoms with Crippen molar-refractivity contribution in [2.75, 3.05) is 13.1 Å². The Morgan fingerprint density at radius 1 is 1.04 bits per heavy atom. The van der Waals surface area contributed by atoms with Gasteiger partial charge < -0.3 is 10.4 Å². The fourth-order valence-electron chi connectivity index (χ4n) is 2.56. The van der Waals surface area contributed by atoms with Crippen LogP contribution in [-0.2, 0) is 19.6 Å². The fraction of sp³-hybridized carbons (Fsp3) is 0.111. The number of nitrogens with zero attached hydrogens (tertiary/aromatic N) is 1. The van der Waals surface area contributed by atoms with Gasteiger partial charge in [-0.1, -0.05) is 23.2 Å². The Balaban J connectivity index is 2.05. The maximum atomic E-state index is 12.9. The zero-order valence-corrected chi connectivity index (χ0v) is 16.6. The highest BCUT2D eigenvalue weighted by atomic mass is 35.5. The van der Waals surface area contributed by atoms with Gasteiger partial charge in [0.05, 0.1) is 4.90 Å². The van der Waals surface area contributed by atoms with Crippen LogP contribution in [-0.4, -0.2) is 42.7 Å². The van der Waals surface area contributed by atoms with Crippen molar-refractivity contribution < 1.29 is 23.1 Å². The van der Waals surface area contributed by atoms with E-state index in [1.807, 2.05) is 0 Å². The number of hydrogen-bond donors (Lipinski definition) is 2. The Morgan fingerprint density at radius 2 is 1.68 bits per heavy atom. The molecule has 2 N–H and O–H groups in total. The molecule has 0 unspecified atom stereocenters. The van der Waals surface area contributed by atoms with E-state index in [2.05, 4.69) is 5.32 Å². The third-order valence-corrected chi connectivity index (χ3v) is 6.22. The van der Waals surface area contributed by atoms with Crippen LogP contribution in [0.15, 0.2) is 52.9 Å². The van der Waals surface area contributed by atoms with Gasteiger partial charge in [0, 0.05) is 27.7 Å². The number of sulfonamides is 1. The third-order valence-electron chi connectivity index (χ3n) is 3.99. The molecule has 2 amide bonds. The number of benzene rings is 2. The number of phenols is 1. The lowest BCUT2D eigenvalue weighted by atomic mass is 10.1. The van der Waals surface area contributed by atoms with Crippen LogP contribution in [0.1, 0.15) is 5.56 Å². The highest BCUT2D eigenvalue weighted by Crippen LogP contribution is 2.26. The van der Waals surface area contributed by atoms with Gasteiger partial charge in [-0.25, -0.2) is 12.7 Å². The normalized spacial score (nSPS) is 16.8. The van der Waals surface area contributed by atoms with Crippen LogP contribution in [0.5, 0.6) is 5.75 Å². The van der Waals surface area contributed by atoms with Crippen molar-refractivity contribution in [1.29, 1.82) is 0 Å². The van der Waals surface area contributed by atoms with Gasteiger partial charge in [0.1, 0.15) is 12.3 Å². The summed E-state index contributed by atoms with van der Waals surface area (Å²) in [6.45, 7) is -0.862. The molecule has 0 atom stereocenters. The zero-order chi connectivity index (χ0) is 20.5. The van der Waals surface area contributed by atoms with Crippen molar-refractivity contribution in [2.24, 2.45) is 0 Å². The molecule has 1 fully saturated rings. The Morgan fingerprint density at radius 3 is 2.36 bits per heavy atom. The van der Waals surface area contributed by atoms with E-state index >= 15 is 0 Å². The minimum Gasteiger partial charge on any atom is -0.507 e. The fourth-order valence-corrected chi connectivity index (χ4v) is 4.22. The maximum Gasteiger partial charge on any atom is 0.267 e. The van der Waals surface area contributed by atoms with Crippen LogP contribution in [0.3, 0.4) is 0 Å². The second-order valence-corrected chi connectivity index (χ2v) is 8.66. The van der Waals surface area contributed by atoms with E-state index in [4.69, 9.17) is 23.2 Å². The molecule has 0 bridgehead atoms. The van der Waals surface area contributed by atoms with E-state index in [1.165, 1.54) is 48.5 Å². The molecule has 3 rings (SSSR count). The monoisotopic (exact) mass is 440 g/mol. The quantitative estimate of drug-likeness (QED) is 0.713. The number of rotatable bonds is 3. The molecule has 10 heteroatoms. The predicted octanol–water partition coefficient (Wildman–Crippen LogP) is 2.43. The summed E-state index contributed by atoms with van der Waals surface area (Å²) in [6, 6.07) is 9.47. The summed E-state index contributed by atoms with van der Waals surface area (Å²) in [7, 11) is -4.29. The summed E-state index contributed by atoms with van der Waals surface area (Å²) in [5.41, 5.74) is 0.191. The van der Waals surface area contributed by atoms with Crippen molar-refractivity contribution in [3.8, 4) is 5.75 Å². The molecule has 2 aromatic rings. The largest absolute Gasteiger partial charge is 0.507 e. The molecule has 7 nitrogen and oxygen atoms in total. The number of hydrogen-bond acceptors (Lipinski definition) is 5. The van der Waals surface area contributed by atoms with Crippen molar-refractivity contribution in [3.63, 3.8) is 0 Å².